The van der Waals surface area contributed by atoms with E-state index in [-0.39, 0.29) is 30.3 Å². The first-order chi connectivity index (χ1) is 30.8. The molecule has 2 N–H and O–H groups in total. The molecule has 0 unspecified atom stereocenters. The lowest BCUT2D eigenvalue weighted by Gasteiger charge is -2.27. The molecule has 65 heavy (non-hydrogen) atoms. The number of para-hydroxylation sites is 2. The number of halogens is 2. The first-order valence-electron chi connectivity index (χ1n) is 23.9. The standard InChI is InChI=1S/2C24H32N6O.2ClH.H2O/c2*1-2-8-20-19(7-1)21-22(28-9-3-4-10-28)25-24(29-11-5-6-12-29)26-23(21)30(20)14-13-27-15-17-31-18-16-27;;;/h2*1-2,7-8H,3-6,9-18H2;2*1H;1H2. The molecule has 6 aromatic rings. The van der Waals surface area contributed by atoms with Gasteiger partial charge in [-0.25, -0.2) is 0 Å². The Balaban J connectivity index is 0.000000169. The maximum absolute atomic E-state index is 5.54. The quantitative estimate of drug-likeness (QED) is 0.154. The second-order valence-corrected chi connectivity index (χ2v) is 18.1. The molecule has 10 heterocycles. The maximum Gasteiger partial charge on any atom is 0.229 e. The van der Waals surface area contributed by atoms with Gasteiger partial charge in [0.1, 0.15) is 22.9 Å². The Hall–Kier alpha value is -4.22. The summed E-state index contributed by atoms with van der Waals surface area (Å²) in [6.07, 6.45) is 9.95. The Bertz CT molecular complexity index is 2310. The summed E-state index contributed by atoms with van der Waals surface area (Å²) in [5.41, 5.74) is 4.76. The largest absolute Gasteiger partial charge is 0.412 e. The number of rotatable bonds is 10. The van der Waals surface area contributed by atoms with Crippen LogP contribution in [0.25, 0.3) is 43.9 Å². The number of ether oxygens (including phenoxy) is 2. The van der Waals surface area contributed by atoms with Crippen molar-refractivity contribution < 1.29 is 14.9 Å². The number of hydrogen-bond acceptors (Lipinski definition) is 12. The molecule has 6 aliphatic heterocycles. The van der Waals surface area contributed by atoms with Gasteiger partial charge in [-0.2, -0.15) is 19.9 Å². The molecule has 6 aliphatic rings. The SMILES string of the molecule is Cl.Cl.O.c1ccc2c(c1)c1c(N3CCCC3)nc(N3CCCC3)nc1n2CCN1CCOCC1.c1ccc2c(c1)c1c(N3CCCC3)nc(N3CCCC3)nc1n2CCN1CCOCC1. The van der Waals surface area contributed by atoms with Crippen LogP contribution in [-0.4, -0.2) is 162 Å². The zero-order valence-corrected chi connectivity index (χ0v) is 39.6. The van der Waals surface area contributed by atoms with Gasteiger partial charge in [-0.15, -0.1) is 24.8 Å². The Kier molecular flexibility index (Phi) is 15.7. The fraction of sp³-hybridized carbons (Fsp3) is 0.583. The number of benzene rings is 2. The van der Waals surface area contributed by atoms with E-state index in [0.29, 0.717) is 0 Å². The van der Waals surface area contributed by atoms with Crippen LogP contribution < -0.4 is 19.6 Å². The van der Waals surface area contributed by atoms with Crippen LogP contribution in [0, 0.1) is 0 Å². The van der Waals surface area contributed by atoms with Crippen LogP contribution in [0.5, 0.6) is 0 Å². The summed E-state index contributed by atoms with van der Waals surface area (Å²) in [5, 5.41) is 5.05. The molecule has 0 aliphatic carbocycles. The summed E-state index contributed by atoms with van der Waals surface area (Å²) in [6.45, 7) is 20.0. The first kappa shape index (κ1) is 47.3. The third-order valence-electron chi connectivity index (χ3n) is 14.2. The average molecular weight is 932 g/mol. The molecule has 15 nitrogen and oxygen atoms in total. The first-order valence-corrected chi connectivity index (χ1v) is 23.9. The smallest absolute Gasteiger partial charge is 0.229 e. The summed E-state index contributed by atoms with van der Waals surface area (Å²) in [5.74, 6) is 4.13. The van der Waals surface area contributed by atoms with Crippen LogP contribution in [0.15, 0.2) is 48.5 Å². The zero-order chi connectivity index (χ0) is 41.2. The van der Waals surface area contributed by atoms with Crippen molar-refractivity contribution in [1.29, 1.82) is 0 Å². The van der Waals surface area contributed by atoms with Crippen molar-refractivity contribution in [2.75, 3.05) is 138 Å². The molecular formula is C48H68Cl2N12O3. The normalized spacial score (nSPS) is 19.6. The molecule has 0 amide bonds. The van der Waals surface area contributed by atoms with E-state index in [1.165, 1.54) is 83.9 Å². The number of hydrogen-bond donors (Lipinski definition) is 0. The third-order valence-corrected chi connectivity index (χ3v) is 14.2. The van der Waals surface area contributed by atoms with E-state index in [1.807, 2.05) is 0 Å². The monoisotopic (exact) mass is 930 g/mol. The molecule has 0 saturated carbocycles. The highest BCUT2D eigenvalue weighted by Crippen LogP contribution is 2.39. The van der Waals surface area contributed by atoms with E-state index in [1.54, 1.807) is 0 Å². The molecule has 0 radical (unpaired) electrons. The van der Waals surface area contributed by atoms with Gasteiger partial charge in [0.05, 0.1) is 48.2 Å². The van der Waals surface area contributed by atoms with Crippen LogP contribution >= 0.6 is 24.8 Å². The molecule has 17 heteroatoms. The lowest BCUT2D eigenvalue weighted by Crippen LogP contribution is -2.38. The molecule has 4 aromatic heterocycles. The van der Waals surface area contributed by atoms with Crippen LogP contribution in [0.2, 0.25) is 0 Å². The molecule has 0 atom stereocenters. The van der Waals surface area contributed by atoms with Crippen molar-refractivity contribution in [3.05, 3.63) is 48.5 Å². The van der Waals surface area contributed by atoms with Crippen LogP contribution in [-0.2, 0) is 22.6 Å². The van der Waals surface area contributed by atoms with Gasteiger partial charge in [0.15, 0.2) is 0 Å². The highest BCUT2D eigenvalue weighted by molar-refractivity contribution is 6.13. The second-order valence-electron chi connectivity index (χ2n) is 18.1. The van der Waals surface area contributed by atoms with E-state index in [0.717, 1.165) is 166 Å². The van der Waals surface area contributed by atoms with Gasteiger partial charge in [0.2, 0.25) is 11.9 Å². The lowest BCUT2D eigenvalue weighted by atomic mass is 10.2. The summed E-state index contributed by atoms with van der Waals surface area (Å²) in [7, 11) is 0. The maximum atomic E-state index is 5.54. The Labute approximate surface area is 395 Å². The van der Waals surface area contributed by atoms with Gasteiger partial charge in [-0.1, -0.05) is 36.4 Å². The van der Waals surface area contributed by atoms with E-state index in [9.17, 15) is 0 Å². The molecule has 6 saturated heterocycles. The Morgan fingerprint density at radius 2 is 0.738 bits per heavy atom. The summed E-state index contributed by atoms with van der Waals surface area (Å²) in [6, 6.07) is 17.6. The van der Waals surface area contributed by atoms with E-state index in [2.05, 4.69) is 87.1 Å². The third kappa shape index (κ3) is 9.65. The minimum absolute atomic E-state index is 0. The number of morpholine rings is 2. The fourth-order valence-corrected chi connectivity index (χ4v) is 10.8. The number of anilines is 4. The van der Waals surface area contributed by atoms with Gasteiger partial charge in [0.25, 0.3) is 0 Å². The molecule has 12 rings (SSSR count). The van der Waals surface area contributed by atoms with Crippen LogP contribution in [0.4, 0.5) is 23.5 Å². The number of aromatic nitrogens is 6. The van der Waals surface area contributed by atoms with Gasteiger partial charge in [0, 0.05) is 115 Å². The zero-order valence-electron chi connectivity index (χ0n) is 37.9. The van der Waals surface area contributed by atoms with Crippen molar-refractivity contribution in [1.82, 2.24) is 38.9 Å². The fourth-order valence-electron chi connectivity index (χ4n) is 10.8. The van der Waals surface area contributed by atoms with Crippen molar-refractivity contribution >= 4 is 92.2 Å². The second kappa shape index (κ2) is 21.6. The van der Waals surface area contributed by atoms with Gasteiger partial charge < -0.3 is 43.7 Å². The van der Waals surface area contributed by atoms with Gasteiger partial charge in [-0.3, -0.25) is 9.80 Å². The molecule has 6 fully saturated rings. The van der Waals surface area contributed by atoms with Crippen LogP contribution in [0.3, 0.4) is 0 Å². The number of fused-ring (bicyclic) bond motifs is 6. The van der Waals surface area contributed by atoms with Gasteiger partial charge in [-0.05, 0) is 63.5 Å². The van der Waals surface area contributed by atoms with E-state index < -0.39 is 0 Å². The minimum Gasteiger partial charge on any atom is -0.412 e. The number of nitrogens with zero attached hydrogens (tertiary/aromatic N) is 12. The molecule has 2 aromatic carbocycles. The van der Waals surface area contributed by atoms with Crippen molar-refractivity contribution in [2.24, 2.45) is 0 Å². The summed E-state index contributed by atoms with van der Waals surface area (Å²) in [4.78, 5) is 35.5. The molecule has 0 bridgehead atoms. The highest BCUT2D eigenvalue weighted by Gasteiger charge is 2.28. The molecule has 0 spiro atoms. The van der Waals surface area contributed by atoms with Gasteiger partial charge >= 0.3 is 0 Å². The molecular weight excluding hydrogens is 864 g/mol. The summed E-state index contributed by atoms with van der Waals surface area (Å²) < 4.78 is 16.0. The molecule has 352 valence electrons. The van der Waals surface area contributed by atoms with Crippen molar-refractivity contribution in [3.8, 4) is 0 Å². The van der Waals surface area contributed by atoms with Crippen molar-refractivity contribution in [2.45, 2.75) is 64.5 Å². The summed E-state index contributed by atoms with van der Waals surface area (Å²) >= 11 is 0. The highest BCUT2D eigenvalue weighted by atomic mass is 35.5. The minimum atomic E-state index is 0. The van der Waals surface area contributed by atoms with Crippen LogP contribution in [0.1, 0.15) is 51.4 Å². The topological polar surface area (TPSA) is 131 Å². The average Bonchev–Trinajstić information content (AvgIpc) is 4.19. The van der Waals surface area contributed by atoms with E-state index in [4.69, 9.17) is 29.4 Å². The predicted molar refractivity (Wildman–Crippen MR) is 268 cm³/mol. The van der Waals surface area contributed by atoms with Crippen molar-refractivity contribution in [3.63, 3.8) is 0 Å². The predicted octanol–water partition coefficient (Wildman–Crippen LogP) is 6.25. The lowest BCUT2D eigenvalue weighted by molar-refractivity contribution is 0.0366. The Morgan fingerprint density at radius 1 is 0.400 bits per heavy atom. The Morgan fingerprint density at radius 3 is 1.11 bits per heavy atom. The van der Waals surface area contributed by atoms with E-state index >= 15 is 0 Å².